The van der Waals surface area contributed by atoms with Crippen LogP contribution in [0.5, 0.6) is 0 Å². The van der Waals surface area contributed by atoms with Gasteiger partial charge in [0.2, 0.25) is 5.91 Å². The Hall–Kier alpha value is -0.393. The van der Waals surface area contributed by atoms with E-state index in [-0.39, 0.29) is 11.0 Å². The SMILES string of the molecule is CC(C)CCCCN1[C@@H]2CC[C@H]1[C@@H](C(=O)NCCCCO[Si](C)(C)C(C)(C)C)C2. The molecule has 2 saturated heterocycles. The summed E-state index contributed by atoms with van der Waals surface area (Å²) >= 11 is 0. The highest BCUT2D eigenvalue weighted by atomic mass is 28.4. The molecule has 1 amide bonds. The molecule has 3 atom stereocenters. The Balaban J connectivity index is 1.62. The number of unbranched alkanes of at least 4 members (excludes halogenated alkanes) is 2. The Bertz CT molecular complexity index is 516. The van der Waals surface area contributed by atoms with E-state index in [1.54, 1.807) is 0 Å². The van der Waals surface area contributed by atoms with E-state index in [2.05, 4.69) is 57.9 Å². The lowest BCUT2D eigenvalue weighted by Gasteiger charge is -2.36. The number of carbonyl (C=O) groups excluding carboxylic acids is 1. The zero-order chi connectivity index (χ0) is 21.7. The molecule has 2 fully saturated rings. The Morgan fingerprint density at radius 3 is 2.52 bits per heavy atom. The maximum atomic E-state index is 12.8. The van der Waals surface area contributed by atoms with Crippen LogP contribution in [0, 0.1) is 11.8 Å². The van der Waals surface area contributed by atoms with Gasteiger partial charge in [0.1, 0.15) is 0 Å². The minimum Gasteiger partial charge on any atom is -0.417 e. The number of rotatable bonds is 12. The number of hydrogen-bond acceptors (Lipinski definition) is 3. The van der Waals surface area contributed by atoms with Gasteiger partial charge in [0.15, 0.2) is 8.32 Å². The largest absolute Gasteiger partial charge is 0.417 e. The third-order valence-corrected chi connectivity index (χ3v) is 12.1. The lowest BCUT2D eigenvalue weighted by molar-refractivity contribution is -0.125. The van der Waals surface area contributed by atoms with Gasteiger partial charge >= 0.3 is 0 Å². The molecule has 170 valence electrons. The summed E-state index contributed by atoms with van der Waals surface area (Å²) in [6, 6.07) is 1.16. The van der Waals surface area contributed by atoms with Crippen molar-refractivity contribution in [3.63, 3.8) is 0 Å². The van der Waals surface area contributed by atoms with Crippen LogP contribution in [0.2, 0.25) is 18.1 Å². The molecule has 4 nitrogen and oxygen atoms in total. The first-order valence-corrected chi connectivity index (χ1v) is 15.1. The van der Waals surface area contributed by atoms with E-state index in [0.717, 1.165) is 38.3 Å². The van der Waals surface area contributed by atoms with Gasteiger partial charge in [-0.25, -0.2) is 0 Å². The Morgan fingerprint density at radius 2 is 1.86 bits per heavy atom. The molecule has 0 spiro atoms. The zero-order valence-corrected chi connectivity index (χ0v) is 21.4. The van der Waals surface area contributed by atoms with Gasteiger partial charge in [-0.15, -0.1) is 0 Å². The molecule has 0 saturated carbocycles. The molecular formula is C24H48N2O2Si. The fourth-order valence-electron chi connectivity index (χ4n) is 4.69. The van der Waals surface area contributed by atoms with Crippen molar-refractivity contribution in [2.75, 3.05) is 19.7 Å². The fraction of sp³-hybridized carbons (Fsp3) is 0.958. The average molecular weight is 425 g/mol. The molecule has 0 aromatic heterocycles. The lowest BCUT2D eigenvalue weighted by atomic mass is 9.88. The highest BCUT2D eigenvalue weighted by Crippen LogP contribution is 2.42. The summed E-state index contributed by atoms with van der Waals surface area (Å²) in [7, 11) is -1.64. The van der Waals surface area contributed by atoms with Crippen molar-refractivity contribution in [2.24, 2.45) is 11.8 Å². The van der Waals surface area contributed by atoms with E-state index in [4.69, 9.17) is 4.43 Å². The number of hydrogen-bond donors (Lipinski definition) is 1. The first-order valence-electron chi connectivity index (χ1n) is 12.2. The van der Waals surface area contributed by atoms with Gasteiger partial charge in [0.05, 0.1) is 5.92 Å². The Morgan fingerprint density at radius 1 is 1.14 bits per heavy atom. The van der Waals surface area contributed by atoms with E-state index < -0.39 is 8.32 Å². The molecule has 0 unspecified atom stereocenters. The molecule has 29 heavy (non-hydrogen) atoms. The lowest BCUT2D eigenvalue weighted by Crippen LogP contribution is -2.41. The summed E-state index contributed by atoms with van der Waals surface area (Å²) in [6.45, 7) is 18.9. The molecule has 5 heteroatoms. The number of nitrogens with one attached hydrogen (secondary N) is 1. The maximum Gasteiger partial charge on any atom is 0.224 e. The van der Waals surface area contributed by atoms with Gasteiger partial charge < -0.3 is 9.74 Å². The van der Waals surface area contributed by atoms with Gasteiger partial charge in [-0.1, -0.05) is 47.5 Å². The highest BCUT2D eigenvalue weighted by molar-refractivity contribution is 6.74. The van der Waals surface area contributed by atoms with Crippen molar-refractivity contribution in [1.82, 2.24) is 10.2 Å². The number of fused-ring (bicyclic) bond motifs is 2. The van der Waals surface area contributed by atoms with Crippen LogP contribution in [-0.4, -0.2) is 50.9 Å². The fourth-order valence-corrected chi connectivity index (χ4v) is 5.78. The number of amides is 1. The van der Waals surface area contributed by atoms with Gasteiger partial charge in [0, 0.05) is 25.2 Å². The van der Waals surface area contributed by atoms with Crippen LogP contribution in [0.4, 0.5) is 0 Å². The Labute approximate surface area is 181 Å². The smallest absolute Gasteiger partial charge is 0.224 e. The number of nitrogens with zero attached hydrogens (tertiary/aromatic N) is 1. The van der Waals surface area contributed by atoms with E-state index >= 15 is 0 Å². The predicted molar refractivity (Wildman–Crippen MR) is 126 cm³/mol. The van der Waals surface area contributed by atoms with Crippen LogP contribution in [0.1, 0.15) is 86.0 Å². The second-order valence-electron chi connectivity index (χ2n) is 11.4. The minimum absolute atomic E-state index is 0.224. The van der Waals surface area contributed by atoms with Crippen molar-refractivity contribution in [1.29, 1.82) is 0 Å². The quantitative estimate of drug-likeness (QED) is 0.328. The highest BCUT2D eigenvalue weighted by Gasteiger charge is 2.48. The summed E-state index contributed by atoms with van der Waals surface area (Å²) < 4.78 is 6.24. The molecule has 2 aliphatic rings. The average Bonchev–Trinajstić information content (AvgIpc) is 3.17. The summed E-state index contributed by atoms with van der Waals surface area (Å²) in [5.41, 5.74) is 0. The third kappa shape index (κ3) is 7.07. The minimum atomic E-state index is -1.64. The standard InChI is InChI=1S/C24H48N2O2Si/c1-19(2)12-8-10-16-26-20-13-14-22(26)21(18-20)23(27)25-15-9-11-17-28-29(6,7)24(3,4)5/h19-22H,8-18H2,1-7H3,(H,25,27)/t20-,21+,22+/m1/s1. The summed E-state index contributed by atoms with van der Waals surface area (Å²) in [5, 5.41) is 3.50. The van der Waals surface area contributed by atoms with E-state index in [1.807, 2.05) is 0 Å². The zero-order valence-electron chi connectivity index (χ0n) is 20.4. The van der Waals surface area contributed by atoms with Gasteiger partial charge in [-0.3, -0.25) is 9.69 Å². The third-order valence-electron chi connectivity index (χ3n) is 7.61. The molecule has 2 heterocycles. The number of carbonyl (C=O) groups is 1. The molecule has 2 bridgehead atoms. The van der Waals surface area contributed by atoms with E-state index in [9.17, 15) is 4.79 Å². The second-order valence-corrected chi connectivity index (χ2v) is 16.2. The van der Waals surface area contributed by atoms with E-state index in [1.165, 1.54) is 38.6 Å². The van der Waals surface area contributed by atoms with Crippen molar-refractivity contribution in [2.45, 2.75) is 116 Å². The topological polar surface area (TPSA) is 41.6 Å². The van der Waals surface area contributed by atoms with Gasteiger partial charge in [-0.05, 0) is 69.1 Å². The van der Waals surface area contributed by atoms with Gasteiger partial charge in [-0.2, -0.15) is 0 Å². The second kappa shape index (κ2) is 10.8. The molecular weight excluding hydrogens is 376 g/mol. The van der Waals surface area contributed by atoms with Crippen LogP contribution in [0.25, 0.3) is 0 Å². The summed E-state index contributed by atoms with van der Waals surface area (Å²) in [5.74, 6) is 1.33. The van der Waals surface area contributed by atoms with Gasteiger partial charge in [0.25, 0.3) is 0 Å². The molecule has 0 aromatic rings. The Kier molecular flexibility index (Phi) is 9.23. The molecule has 0 aliphatic carbocycles. The van der Waals surface area contributed by atoms with Crippen molar-refractivity contribution < 1.29 is 9.22 Å². The first kappa shape index (κ1) is 24.9. The van der Waals surface area contributed by atoms with Crippen molar-refractivity contribution in [3.05, 3.63) is 0 Å². The monoisotopic (exact) mass is 424 g/mol. The molecule has 0 aromatic carbocycles. The van der Waals surface area contributed by atoms with Crippen molar-refractivity contribution >= 4 is 14.2 Å². The first-order chi connectivity index (χ1) is 13.5. The summed E-state index contributed by atoms with van der Waals surface area (Å²) in [4.78, 5) is 15.4. The van der Waals surface area contributed by atoms with Crippen LogP contribution >= 0.6 is 0 Å². The maximum absolute atomic E-state index is 12.8. The van der Waals surface area contributed by atoms with E-state index in [0.29, 0.717) is 18.0 Å². The van der Waals surface area contributed by atoms with Crippen LogP contribution < -0.4 is 5.32 Å². The summed E-state index contributed by atoms with van der Waals surface area (Å²) in [6.07, 6.45) is 9.57. The van der Waals surface area contributed by atoms with Crippen LogP contribution in [-0.2, 0) is 9.22 Å². The molecule has 2 rings (SSSR count). The molecule has 2 aliphatic heterocycles. The van der Waals surface area contributed by atoms with Crippen LogP contribution in [0.3, 0.4) is 0 Å². The molecule has 1 N–H and O–H groups in total. The van der Waals surface area contributed by atoms with Crippen molar-refractivity contribution in [3.8, 4) is 0 Å². The van der Waals surface area contributed by atoms with Crippen LogP contribution in [0.15, 0.2) is 0 Å². The molecule has 0 radical (unpaired) electrons. The normalized spacial score (nSPS) is 25.2. The predicted octanol–water partition coefficient (Wildman–Crippen LogP) is 5.58.